The van der Waals surface area contributed by atoms with Gasteiger partial charge in [-0.05, 0) is 56.2 Å². The van der Waals surface area contributed by atoms with Crippen LogP contribution in [0, 0.1) is 11.8 Å². The number of hydrogen-bond donors (Lipinski definition) is 1. The Bertz CT molecular complexity index is 207. The van der Waals surface area contributed by atoms with E-state index in [0.29, 0.717) is 0 Å². The van der Waals surface area contributed by atoms with E-state index in [2.05, 4.69) is 24.5 Å². The third kappa shape index (κ3) is 2.95. The molecule has 0 bridgehead atoms. The van der Waals surface area contributed by atoms with Gasteiger partial charge in [-0.1, -0.05) is 19.8 Å². The van der Waals surface area contributed by atoms with Crippen LogP contribution in [-0.4, -0.2) is 29.8 Å². The maximum absolute atomic E-state index is 4.52. The first-order valence-electron chi connectivity index (χ1n) is 7.20. The molecule has 0 spiro atoms. The van der Waals surface area contributed by atoms with Crippen LogP contribution in [0.2, 0.25) is 0 Å². The van der Waals surface area contributed by atoms with E-state index < -0.39 is 0 Å². The van der Waals surface area contributed by atoms with Gasteiger partial charge in [0.25, 0.3) is 0 Å². The third-order valence-corrected chi connectivity index (χ3v) is 5.07. The Hall–Kier alpha value is 0.310. The lowest BCUT2D eigenvalue weighted by Crippen LogP contribution is -2.45. The smallest absolute Gasteiger partial charge is 0.0124 e. The van der Waals surface area contributed by atoms with Crippen molar-refractivity contribution in [3.8, 4) is 0 Å². The van der Waals surface area contributed by atoms with Gasteiger partial charge in [0.2, 0.25) is 0 Å². The molecule has 0 amide bonds. The molecule has 0 aromatic heterocycles. The van der Waals surface area contributed by atoms with Gasteiger partial charge in [-0.2, -0.15) is 12.6 Å². The van der Waals surface area contributed by atoms with Gasteiger partial charge in [0.05, 0.1) is 0 Å². The molecular formula is C14H27NS. The zero-order valence-corrected chi connectivity index (χ0v) is 11.6. The Labute approximate surface area is 106 Å². The average molecular weight is 241 g/mol. The SMILES string of the molecule is CCCC(CS)CN1CCCC2CCCC21. The van der Waals surface area contributed by atoms with Crippen LogP contribution in [0.1, 0.15) is 51.9 Å². The molecule has 3 atom stereocenters. The maximum atomic E-state index is 4.52. The Morgan fingerprint density at radius 1 is 1.25 bits per heavy atom. The first-order chi connectivity index (χ1) is 7.85. The fourth-order valence-electron chi connectivity index (χ4n) is 3.76. The highest BCUT2D eigenvalue weighted by Crippen LogP contribution is 2.37. The van der Waals surface area contributed by atoms with Crippen molar-refractivity contribution in [2.45, 2.75) is 57.9 Å². The zero-order valence-electron chi connectivity index (χ0n) is 10.7. The van der Waals surface area contributed by atoms with Crippen LogP contribution in [0.3, 0.4) is 0 Å². The summed E-state index contributed by atoms with van der Waals surface area (Å²) in [5.41, 5.74) is 0. The highest BCUT2D eigenvalue weighted by molar-refractivity contribution is 7.80. The monoisotopic (exact) mass is 241 g/mol. The lowest BCUT2D eigenvalue weighted by molar-refractivity contribution is 0.0965. The maximum Gasteiger partial charge on any atom is 0.0124 e. The largest absolute Gasteiger partial charge is 0.300 e. The van der Waals surface area contributed by atoms with E-state index >= 15 is 0 Å². The number of thiol groups is 1. The van der Waals surface area contributed by atoms with Crippen molar-refractivity contribution in [2.75, 3.05) is 18.8 Å². The molecule has 3 unspecified atom stereocenters. The van der Waals surface area contributed by atoms with Crippen LogP contribution >= 0.6 is 12.6 Å². The van der Waals surface area contributed by atoms with Gasteiger partial charge in [-0.25, -0.2) is 0 Å². The number of fused-ring (bicyclic) bond motifs is 1. The van der Waals surface area contributed by atoms with Crippen LogP contribution in [0.15, 0.2) is 0 Å². The molecule has 1 saturated carbocycles. The van der Waals surface area contributed by atoms with Gasteiger partial charge < -0.3 is 0 Å². The molecule has 16 heavy (non-hydrogen) atoms. The van der Waals surface area contributed by atoms with Crippen molar-refractivity contribution in [3.63, 3.8) is 0 Å². The number of rotatable bonds is 5. The molecule has 2 fully saturated rings. The minimum atomic E-state index is 0.827. The van der Waals surface area contributed by atoms with Crippen LogP contribution in [-0.2, 0) is 0 Å². The van der Waals surface area contributed by atoms with E-state index in [1.165, 1.54) is 58.0 Å². The molecule has 94 valence electrons. The molecule has 1 aliphatic heterocycles. The first-order valence-corrected chi connectivity index (χ1v) is 7.83. The van der Waals surface area contributed by atoms with Crippen molar-refractivity contribution >= 4 is 12.6 Å². The second kappa shape index (κ2) is 6.30. The summed E-state index contributed by atoms with van der Waals surface area (Å²) in [6, 6.07) is 0.938. The van der Waals surface area contributed by atoms with Gasteiger partial charge in [0.1, 0.15) is 0 Å². The molecule has 2 aliphatic rings. The van der Waals surface area contributed by atoms with Gasteiger partial charge >= 0.3 is 0 Å². The van der Waals surface area contributed by atoms with Gasteiger partial charge in [-0.15, -0.1) is 0 Å². The van der Waals surface area contributed by atoms with E-state index in [1.807, 2.05) is 0 Å². The van der Waals surface area contributed by atoms with Gasteiger partial charge in [-0.3, -0.25) is 4.90 Å². The molecular weight excluding hydrogens is 214 g/mol. The van der Waals surface area contributed by atoms with Crippen molar-refractivity contribution in [1.82, 2.24) is 4.90 Å². The summed E-state index contributed by atoms with van der Waals surface area (Å²) in [5, 5.41) is 0. The highest BCUT2D eigenvalue weighted by Gasteiger charge is 2.35. The van der Waals surface area contributed by atoms with Gasteiger partial charge in [0.15, 0.2) is 0 Å². The number of hydrogen-bond acceptors (Lipinski definition) is 2. The average Bonchev–Trinajstić information content (AvgIpc) is 2.77. The fourth-order valence-corrected chi connectivity index (χ4v) is 4.06. The van der Waals surface area contributed by atoms with Crippen molar-refractivity contribution in [3.05, 3.63) is 0 Å². The summed E-state index contributed by atoms with van der Waals surface area (Å²) in [6.07, 6.45) is 10.1. The molecule has 0 radical (unpaired) electrons. The Balaban J connectivity index is 1.87. The quantitative estimate of drug-likeness (QED) is 0.720. The molecule has 1 saturated heterocycles. The Kier molecular flexibility index (Phi) is 5.02. The van der Waals surface area contributed by atoms with Crippen molar-refractivity contribution < 1.29 is 0 Å². The normalized spacial score (nSPS) is 32.6. The third-order valence-electron chi connectivity index (χ3n) is 4.56. The summed E-state index contributed by atoms with van der Waals surface area (Å²) in [6.45, 7) is 4.97. The van der Waals surface area contributed by atoms with Crippen molar-refractivity contribution in [2.24, 2.45) is 11.8 Å². The summed E-state index contributed by atoms with van der Waals surface area (Å²) >= 11 is 4.52. The lowest BCUT2D eigenvalue weighted by atomic mass is 9.91. The second-order valence-electron chi connectivity index (χ2n) is 5.73. The Morgan fingerprint density at radius 2 is 2.06 bits per heavy atom. The summed E-state index contributed by atoms with van der Waals surface area (Å²) in [4.78, 5) is 2.80. The minimum Gasteiger partial charge on any atom is -0.300 e. The standard InChI is InChI=1S/C14H27NS/c1-2-5-12(11-16)10-15-9-4-7-13-6-3-8-14(13)15/h12-14,16H,2-11H2,1H3. The fraction of sp³-hybridized carbons (Fsp3) is 1.00. The topological polar surface area (TPSA) is 3.24 Å². The van der Waals surface area contributed by atoms with Crippen LogP contribution < -0.4 is 0 Å². The molecule has 2 heteroatoms. The Morgan fingerprint density at radius 3 is 2.81 bits per heavy atom. The zero-order chi connectivity index (χ0) is 11.4. The number of nitrogens with zero attached hydrogens (tertiary/aromatic N) is 1. The summed E-state index contributed by atoms with van der Waals surface area (Å²) in [7, 11) is 0. The summed E-state index contributed by atoms with van der Waals surface area (Å²) < 4.78 is 0. The van der Waals surface area contributed by atoms with Crippen LogP contribution in [0.5, 0.6) is 0 Å². The molecule has 2 rings (SSSR count). The predicted molar refractivity (Wildman–Crippen MR) is 74.2 cm³/mol. The number of piperidine rings is 1. The molecule has 1 nitrogen and oxygen atoms in total. The van der Waals surface area contributed by atoms with E-state index in [1.54, 1.807) is 0 Å². The number of likely N-dealkylation sites (tertiary alicyclic amines) is 1. The summed E-state index contributed by atoms with van der Waals surface area (Å²) in [5.74, 6) is 2.94. The molecule has 1 aliphatic carbocycles. The van der Waals surface area contributed by atoms with E-state index in [0.717, 1.165) is 23.6 Å². The molecule has 1 heterocycles. The van der Waals surface area contributed by atoms with Crippen LogP contribution in [0.4, 0.5) is 0 Å². The molecule has 0 N–H and O–H groups in total. The second-order valence-corrected chi connectivity index (χ2v) is 6.10. The van der Waals surface area contributed by atoms with Crippen molar-refractivity contribution in [1.29, 1.82) is 0 Å². The van der Waals surface area contributed by atoms with E-state index in [9.17, 15) is 0 Å². The van der Waals surface area contributed by atoms with Crippen LogP contribution in [0.25, 0.3) is 0 Å². The minimum absolute atomic E-state index is 0.827. The first kappa shape index (κ1) is 12.8. The van der Waals surface area contributed by atoms with E-state index in [-0.39, 0.29) is 0 Å². The van der Waals surface area contributed by atoms with Gasteiger partial charge in [0, 0.05) is 12.6 Å². The molecule has 0 aromatic carbocycles. The highest BCUT2D eigenvalue weighted by atomic mass is 32.1. The van der Waals surface area contributed by atoms with E-state index in [4.69, 9.17) is 0 Å². The lowest BCUT2D eigenvalue weighted by Gasteiger charge is -2.39. The molecule has 0 aromatic rings. The predicted octanol–water partition coefficient (Wildman–Crippen LogP) is 3.60.